The van der Waals surface area contributed by atoms with Crippen LogP contribution in [-0.2, 0) is 0 Å². The summed E-state index contributed by atoms with van der Waals surface area (Å²) in [6, 6.07) is 4.28. The number of rotatable bonds is 4. The molecular formula is C16H13BrO6. The summed E-state index contributed by atoms with van der Waals surface area (Å²) >= 11 is 3.17. The van der Waals surface area contributed by atoms with Gasteiger partial charge in [0.15, 0.2) is 17.3 Å². The number of ether oxygens (including phenoxy) is 1. The predicted octanol–water partition coefficient (Wildman–Crippen LogP) is 3.03. The lowest BCUT2D eigenvalue weighted by Gasteiger charge is -2.06. The molecule has 0 radical (unpaired) electrons. The molecule has 0 saturated heterocycles. The summed E-state index contributed by atoms with van der Waals surface area (Å²) in [5.41, 5.74) is -0.783. The van der Waals surface area contributed by atoms with Crippen LogP contribution in [0, 0.1) is 6.92 Å². The van der Waals surface area contributed by atoms with E-state index in [1.807, 2.05) is 0 Å². The van der Waals surface area contributed by atoms with Gasteiger partial charge in [0.25, 0.3) is 0 Å². The van der Waals surface area contributed by atoms with Crippen molar-refractivity contribution < 1.29 is 24.2 Å². The fraction of sp³-hybridized carbons (Fsp3) is 0.125. The van der Waals surface area contributed by atoms with E-state index in [0.717, 1.165) is 6.08 Å². The Morgan fingerprint density at radius 3 is 2.61 bits per heavy atom. The van der Waals surface area contributed by atoms with Crippen LogP contribution >= 0.6 is 15.9 Å². The molecule has 0 fully saturated rings. The van der Waals surface area contributed by atoms with Crippen LogP contribution in [0.3, 0.4) is 0 Å². The zero-order valence-electron chi connectivity index (χ0n) is 12.3. The fourth-order valence-corrected chi connectivity index (χ4v) is 2.38. The molecule has 23 heavy (non-hydrogen) atoms. The Hall–Kier alpha value is -2.54. The number of hydrogen-bond donors (Lipinski definition) is 2. The lowest BCUT2D eigenvalue weighted by molar-refractivity contribution is 0.104. The minimum absolute atomic E-state index is 0.0622. The second-order valence-electron chi connectivity index (χ2n) is 4.66. The van der Waals surface area contributed by atoms with Crippen molar-refractivity contribution in [1.82, 2.24) is 0 Å². The summed E-state index contributed by atoms with van der Waals surface area (Å²) in [4.78, 5) is 23.7. The van der Waals surface area contributed by atoms with Gasteiger partial charge in [-0.1, -0.05) is 6.08 Å². The quantitative estimate of drug-likeness (QED) is 0.624. The fourth-order valence-electron chi connectivity index (χ4n) is 1.92. The molecule has 1 heterocycles. The molecule has 2 N–H and O–H groups in total. The van der Waals surface area contributed by atoms with Crippen LogP contribution in [0.15, 0.2) is 38.0 Å². The average Bonchev–Trinajstić information content (AvgIpc) is 2.47. The van der Waals surface area contributed by atoms with Crippen LogP contribution < -0.4 is 10.4 Å². The average molecular weight is 381 g/mol. The number of aryl methyl sites for hydroxylation is 1. The molecule has 0 saturated carbocycles. The van der Waals surface area contributed by atoms with Gasteiger partial charge in [-0.25, -0.2) is 4.79 Å². The van der Waals surface area contributed by atoms with Gasteiger partial charge in [-0.3, -0.25) is 4.79 Å². The molecule has 2 rings (SSSR count). The van der Waals surface area contributed by atoms with E-state index in [0.29, 0.717) is 10.0 Å². The highest BCUT2D eigenvalue weighted by atomic mass is 79.9. The lowest BCUT2D eigenvalue weighted by atomic mass is 10.1. The van der Waals surface area contributed by atoms with Crippen LogP contribution in [0.1, 0.15) is 21.7 Å². The van der Waals surface area contributed by atoms with E-state index in [-0.39, 0.29) is 17.3 Å². The largest absolute Gasteiger partial charge is 0.507 e. The maximum absolute atomic E-state index is 12.1. The van der Waals surface area contributed by atoms with E-state index in [4.69, 9.17) is 9.15 Å². The lowest BCUT2D eigenvalue weighted by Crippen LogP contribution is -2.12. The third kappa shape index (κ3) is 3.62. The molecule has 0 amide bonds. The summed E-state index contributed by atoms with van der Waals surface area (Å²) in [5, 5.41) is 19.5. The van der Waals surface area contributed by atoms with Gasteiger partial charge in [0.1, 0.15) is 17.1 Å². The topological polar surface area (TPSA) is 97.0 Å². The first kappa shape index (κ1) is 16.8. The second-order valence-corrected chi connectivity index (χ2v) is 5.51. The van der Waals surface area contributed by atoms with Crippen molar-refractivity contribution in [2.45, 2.75) is 6.92 Å². The van der Waals surface area contributed by atoms with Crippen LogP contribution in [0.25, 0.3) is 6.08 Å². The number of carbonyl (C=O) groups is 1. The van der Waals surface area contributed by atoms with Crippen molar-refractivity contribution in [3.8, 4) is 17.2 Å². The van der Waals surface area contributed by atoms with Crippen LogP contribution in [0.4, 0.5) is 0 Å². The van der Waals surface area contributed by atoms with Gasteiger partial charge in [-0.2, -0.15) is 0 Å². The number of ketones is 1. The maximum Gasteiger partial charge on any atom is 0.351 e. The Balaban J connectivity index is 2.36. The van der Waals surface area contributed by atoms with Gasteiger partial charge < -0.3 is 19.4 Å². The Bertz CT molecular complexity index is 850. The standard InChI is InChI=1S/C16H13BrO6/c1-8-5-12(19)14(16(21)23-8)11(18)4-3-9-6-10(17)15(20)13(7-9)22-2/h3-7,19-20H,1-2H3/b4-3+. The minimum atomic E-state index is -0.901. The van der Waals surface area contributed by atoms with Crippen molar-refractivity contribution in [1.29, 1.82) is 0 Å². The molecular weight excluding hydrogens is 368 g/mol. The maximum atomic E-state index is 12.1. The van der Waals surface area contributed by atoms with E-state index < -0.39 is 22.7 Å². The highest BCUT2D eigenvalue weighted by molar-refractivity contribution is 9.10. The van der Waals surface area contributed by atoms with E-state index in [9.17, 15) is 19.8 Å². The molecule has 0 bridgehead atoms. The molecule has 0 unspecified atom stereocenters. The number of aromatic hydroxyl groups is 2. The van der Waals surface area contributed by atoms with E-state index >= 15 is 0 Å². The normalized spacial score (nSPS) is 10.9. The molecule has 7 heteroatoms. The molecule has 0 aliphatic heterocycles. The van der Waals surface area contributed by atoms with E-state index in [1.54, 1.807) is 6.07 Å². The van der Waals surface area contributed by atoms with E-state index in [2.05, 4.69) is 15.9 Å². The molecule has 0 aliphatic rings. The second kappa shape index (κ2) is 6.70. The molecule has 0 spiro atoms. The van der Waals surface area contributed by atoms with Crippen molar-refractivity contribution in [2.75, 3.05) is 7.11 Å². The minimum Gasteiger partial charge on any atom is -0.507 e. The number of hydrogen-bond acceptors (Lipinski definition) is 6. The van der Waals surface area contributed by atoms with Crippen molar-refractivity contribution in [3.63, 3.8) is 0 Å². The first-order chi connectivity index (χ1) is 10.8. The zero-order valence-corrected chi connectivity index (χ0v) is 13.9. The van der Waals surface area contributed by atoms with Crippen molar-refractivity contribution in [3.05, 3.63) is 56.1 Å². The van der Waals surface area contributed by atoms with Crippen molar-refractivity contribution >= 4 is 27.8 Å². The molecule has 1 aromatic heterocycles. The summed E-state index contributed by atoms with van der Waals surface area (Å²) in [6.45, 7) is 1.49. The number of benzene rings is 1. The zero-order chi connectivity index (χ0) is 17.1. The van der Waals surface area contributed by atoms with E-state index in [1.165, 1.54) is 32.2 Å². The number of halogens is 1. The van der Waals surface area contributed by atoms with Crippen LogP contribution in [-0.4, -0.2) is 23.1 Å². The Morgan fingerprint density at radius 2 is 2.00 bits per heavy atom. The van der Waals surface area contributed by atoms with Gasteiger partial charge in [0, 0.05) is 6.07 Å². The van der Waals surface area contributed by atoms with Crippen molar-refractivity contribution in [2.24, 2.45) is 0 Å². The Kier molecular flexibility index (Phi) is 4.90. The SMILES string of the molecule is COc1cc(/C=C/C(=O)c2c(O)cc(C)oc2=O)cc(Br)c1O. The Labute approximate surface area is 139 Å². The smallest absolute Gasteiger partial charge is 0.351 e. The highest BCUT2D eigenvalue weighted by Crippen LogP contribution is 2.35. The van der Waals surface area contributed by atoms with Crippen LogP contribution in [0.5, 0.6) is 17.2 Å². The molecule has 120 valence electrons. The summed E-state index contributed by atoms with van der Waals surface area (Å²) in [5.74, 6) is -0.755. The number of carbonyl (C=O) groups excluding carboxylic acids is 1. The van der Waals surface area contributed by atoms with Gasteiger partial charge in [0.2, 0.25) is 0 Å². The highest BCUT2D eigenvalue weighted by Gasteiger charge is 2.16. The summed E-state index contributed by atoms with van der Waals surface area (Å²) < 4.78 is 10.2. The monoisotopic (exact) mass is 380 g/mol. The third-order valence-corrected chi connectivity index (χ3v) is 3.60. The molecule has 0 atom stereocenters. The molecule has 0 aliphatic carbocycles. The summed E-state index contributed by atoms with van der Waals surface area (Å²) in [6.07, 6.45) is 2.55. The first-order valence-electron chi connectivity index (χ1n) is 6.46. The van der Waals surface area contributed by atoms with Gasteiger partial charge >= 0.3 is 5.63 Å². The van der Waals surface area contributed by atoms with Crippen LogP contribution in [0.2, 0.25) is 0 Å². The molecule has 1 aromatic carbocycles. The van der Waals surface area contributed by atoms with Gasteiger partial charge in [0.05, 0.1) is 11.6 Å². The Morgan fingerprint density at radius 1 is 1.30 bits per heavy atom. The number of phenolic OH excluding ortho intramolecular Hbond substituents is 1. The molecule has 2 aromatic rings. The number of allylic oxidation sites excluding steroid dienone is 1. The summed E-state index contributed by atoms with van der Waals surface area (Å²) in [7, 11) is 1.40. The van der Waals surface area contributed by atoms with Gasteiger partial charge in [-0.05, 0) is 46.6 Å². The number of methoxy groups -OCH3 is 1. The first-order valence-corrected chi connectivity index (χ1v) is 7.25. The molecule has 6 nitrogen and oxygen atoms in total. The third-order valence-electron chi connectivity index (χ3n) is 3.00. The van der Waals surface area contributed by atoms with Gasteiger partial charge in [-0.15, -0.1) is 0 Å². The predicted molar refractivity (Wildman–Crippen MR) is 87.1 cm³/mol. The number of phenols is 1.